The Hall–Kier alpha value is -3.85. The molecular weight excluding hydrogens is 514 g/mol. The van der Waals surface area contributed by atoms with Gasteiger partial charge >= 0.3 is 0 Å². The fourth-order valence-corrected chi connectivity index (χ4v) is 5.85. The monoisotopic (exact) mass is 551 g/mol. The van der Waals surface area contributed by atoms with Crippen molar-refractivity contribution in [3.8, 4) is 5.75 Å². The molecule has 9 heteroatoms. The smallest absolute Gasteiger partial charge is 0.264 e. The number of ether oxygens (including phenoxy) is 1. The molecule has 0 aliphatic rings. The molecule has 0 saturated carbocycles. The van der Waals surface area contributed by atoms with Gasteiger partial charge in [-0.15, -0.1) is 0 Å². The van der Waals surface area contributed by atoms with Gasteiger partial charge in [0.2, 0.25) is 11.8 Å². The summed E-state index contributed by atoms with van der Waals surface area (Å²) >= 11 is 0. The number of hydrogen-bond acceptors (Lipinski definition) is 5. The highest BCUT2D eigenvalue weighted by Crippen LogP contribution is 2.28. The molecule has 0 aliphatic carbocycles. The van der Waals surface area contributed by atoms with Crippen molar-refractivity contribution < 1.29 is 22.7 Å². The van der Waals surface area contributed by atoms with Gasteiger partial charge in [0, 0.05) is 13.1 Å². The molecule has 208 valence electrons. The van der Waals surface area contributed by atoms with E-state index < -0.39 is 28.5 Å². The molecule has 3 rings (SSSR count). The number of sulfonamides is 1. The van der Waals surface area contributed by atoms with Crippen molar-refractivity contribution in [3.63, 3.8) is 0 Å². The first kappa shape index (κ1) is 29.7. The van der Waals surface area contributed by atoms with Crippen LogP contribution in [0.5, 0.6) is 5.75 Å². The number of hydrogen-bond donors (Lipinski definition) is 1. The Kier molecular flexibility index (Phi) is 10.1. The number of nitrogens with one attached hydrogen (secondary N) is 1. The molecule has 1 unspecified atom stereocenters. The van der Waals surface area contributed by atoms with Gasteiger partial charge in [0.05, 0.1) is 17.7 Å². The molecule has 0 heterocycles. The Bertz CT molecular complexity index is 1380. The number of aryl methyl sites for hydroxylation is 2. The predicted molar refractivity (Wildman–Crippen MR) is 153 cm³/mol. The third-order valence-corrected chi connectivity index (χ3v) is 8.27. The van der Waals surface area contributed by atoms with Crippen molar-refractivity contribution in [2.45, 2.75) is 51.6 Å². The van der Waals surface area contributed by atoms with E-state index >= 15 is 0 Å². The Balaban J connectivity index is 2.08. The van der Waals surface area contributed by atoms with Gasteiger partial charge in [-0.25, -0.2) is 8.42 Å². The Labute approximate surface area is 231 Å². The molecule has 0 aliphatic heterocycles. The molecule has 0 fully saturated rings. The van der Waals surface area contributed by atoms with Crippen molar-refractivity contribution in [1.82, 2.24) is 10.2 Å². The normalized spacial score (nSPS) is 11.9. The summed E-state index contributed by atoms with van der Waals surface area (Å²) in [6.07, 6.45) is 0.364. The maximum absolute atomic E-state index is 14.1. The van der Waals surface area contributed by atoms with E-state index in [2.05, 4.69) is 5.32 Å². The second-order valence-electron chi connectivity index (χ2n) is 9.30. The first-order valence-electron chi connectivity index (χ1n) is 13.0. The summed E-state index contributed by atoms with van der Waals surface area (Å²) in [6, 6.07) is 20.0. The molecule has 1 atom stereocenters. The molecule has 8 nitrogen and oxygen atoms in total. The minimum absolute atomic E-state index is 0.0798. The molecule has 1 N–H and O–H groups in total. The van der Waals surface area contributed by atoms with Crippen LogP contribution >= 0.6 is 0 Å². The van der Waals surface area contributed by atoms with E-state index in [1.54, 1.807) is 43.5 Å². The topological polar surface area (TPSA) is 96.0 Å². The number of carbonyl (C=O) groups is 2. The van der Waals surface area contributed by atoms with Crippen LogP contribution in [0.3, 0.4) is 0 Å². The lowest BCUT2D eigenvalue weighted by molar-refractivity contribution is -0.140. The molecule has 39 heavy (non-hydrogen) atoms. The van der Waals surface area contributed by atoms with E-state index in [4.69, 9.17) is 4.74 Å². The van der Waals surface area contributed by atoms with Crippen molar-refractivity contribution in [1.29, 1.82) is 0 Å². The molecule has 0 aromatic heterocycles. The minimum Gasteiger partial charge on any atom is -0.497 e. The van der Waals surface area contributed by atoms with Crippen molar-refractivity contribution in [3.05, 3.63) is 89.5 Å². The van der Waals surface area contributed by atoms with E-state index in [1.165, 1.54) is 17.0 Å². The van der Waals surface area contributed by atoms with E-state index in [-0.39, 0.29) is 17.3 Å². The van der Waals surface area contributed by atoms with E-state index in [0.717, 1.165) is 15.4 Å². The number of carbonyl (C=O) groups excluding carboxylic acids is 2. The summed E-state index contributed by atoms with van der Waals surface area (Å²) in [5, 5.41) is 2.81. The van der Waals surface area contributed by atoms with Crippen LogP contribution in [0.1, 0.15) is 37.0 Å². The van der Waals surface area contributed by atoms with E-state index in [9.17, 15) is 18.0 Å². The number of likely N-dealkylation sites (N-methyl/N-ethyl adjacent to an activating group) is 1. The molecule has 0 saturated heterocycles. The Morgan fingerprint density at radius 2 is 1.62 bits per heavy atom. The van der Waals surface area contributed by atoms with Crippen LogP contribution in [0.4, 0.5) is 5.69 Å². The van der Waals surface area contributed by atoms with E-state index in [0.29, 0.717) is 30.0 Å². The number of nitrogens with zero attached hydrogens (tertiary/aromatic N) is 2. The first-order chi connectivity index (χ1) is 18.6. The molecule has 2 amide bonds. The number of benzene rings is 3. The van der Waals surface area contributed by atoms with Gasteiger partial charge in [0.1, 0.15) is 18.3 Å². The lowest BCUT2D eigenvalue weighted by Gasteiger charge is -2.33. The maximum Gasteiger partial charge on any atom is 0.264 e. The van der Waals surface area contributed by atoms with Crippen molar-refractivity contribution in [2.24, 2.45) is 0 Å². The van der Waals surface area contributed by atoms with Gasteiger partial charge < -0.3 is 15.0 Å². The van der Waals surface area contributed by atoms with Crippen LogP contribution in [0.25, 0.3) is 0 Å². The largest absolute Gasteiger partial charge is 0.497 e. The third-order valence-electron chi connectivity index (χ3n) is 6.49. The van der Waals surface area contributed by atoms with Crippen LogP contribution in [-0.4, -0.2) is 51.4 Å². The highest BCUT2D eigenvalue weighted by molar-refractivity contribution is 7.92. The maximum atomic E-state index is 14.1. The summed E-state index contributed by atoms with van der Waals surface area (Å²) < 4.78 is 34.2. The van der Waals surface area contributed by atoms with Gasteiger partial charge in [-0.1, -0.05) is 49.4 Å². The highest BCUT2D eigenvalue weighted by Gasteiger charge is 2.34. The zero-order chi connectivity index (χ0) is 28.6. The van der Waals surface area contributed by atoms with E-state index in [1.807, 2.05) is 52.0 Å². The molecule has 0 radical (unpaired) electrons. The first-order valence-corrected chi connectivity index (χ1v) is 14.4. The lowest BCUT2D eigenvalue weighted by atomic mass is 10.1. The summed E-state index contributed by atoms with van der Waals surface area (Å²) in [5.41, 5.74) is 2.78. The van der Waals surface area contributed by atoms with Crippen LogP contribution in [0, 0.1) is 13.8 Å². The quantitative estimate of drug-likeness (QED) is 0.359. The Morgan fingerprint density at radius 3 is 2.21 bits per heavy atom. The summed E-state index contributed by atoms with van der Waals surface area (Å²) in [5.74, 6) is -0.0992. The van der Waals surface area contributed by atoms with Crippen LogP contribution in [0.2, 0.25) is 0 Å². The highest BCUT2D eigenvalue weighted by atomic mass is 32.2. The van der Waals surface area contributed by atoms with Crippen LogP contribution in [0.15, 0.2) is 77.7 Å². The standard InChI is InChI=1S/C30H37N3O5S/c1-6-27(30(35)31-7-2)32(20-24-15-17-25(38-5)18-16-24)29(34)21-33(28-19-22(3)13-14-23(28)4)39(36,37)26-11-9-8-10-12-26/h8-19,27H,6-7,20-21H2,1-5H3,(H,31,35). The fourth-order valence-electron chi connectivity index (χ4n) is 4.36. The van der Waals surface area contributed by atoms with Gasteiger partial charge in [0.25, 0.3) is 10.0 Å². The summed E-state index contributed by atoms with van der Waals surface area (Å²) in [6.45, 7) is 7.41. The molecular formula is C30H37N3O5S. The molecule has 0 bridgehead atoms. The van der Waals surface area contributed by atoms with Crippen LogP contribution < -0.4 is 14.4 Å². The molecule has 3 aromatic rings. The van der Waals surface area contributed by atoms with Gasteiger partial charge in [0.15, 0.2) is 0 Å². The van der Waals surface area contributed by atoms with Crippen molar-refractivity contribution in [2.75, 3.05) is 24.5 Å². The van der Waals surface area contributed by atoms with Gasteiger partial charge in [-0.05, 0) is 74.2 Å². The molecule has 3 aromatic carbocycles. The van der Waals surface area contributed by atoms with Crippen molar-refractivity contribution >= 4 is 27.5 Å². The zero-order valence-electron chi connectivity index (χ0n) is 23.2. The second-order valence-corrected chi connectivity index (χ2v) is 11.2. The lowest BCUT2D eigenvalue weighted by Crippen LogP contribution is -2.52. The number of methoxy groups -OCH3 is 1. The Morgan fingerprint density at radius 1 is 0.949 bits per heavy atom. The van der Waals surface area contributed by atoms with Gasteiger partial charge in [-0.2, -0.15) is 0 Å². The SMILES string of the molecule is CCNC(=O)C(CC)N(Cc1ccc(OC)cc1)C(=O)CN(c1cc(C)ccc1C)S(=O)(=O)c1ccccc1. The second kappa shape index (κ2) is 13.3. The summed E-state index contributed by atoms with van der Waals surface area (Å²) in [7, 11) is -2.53. The zero-order valence-corrected chi connectivity index (χ0v) is 24.0. The number of amides is 2. The van der Waals surface area contributed by atoms with Crippen LogP contribution in [-0.2, 0) is 26.2 Å². The number of anilines is 1. The van der Waals surface area contributed by atoms with Gasteiger partial charge in [-0.3, -0.25) is 13.9 Å². The predicted octanol–water partition coefficient (Wildman–Crippen LogP) is 4.45. The average Bonchev–Trinajstić information content (AvgIpc) is 2.93. The number of rotatable bonds is 12. The average molecular weight is 552 g/mol. The third kappa shape index (κ3) is 7.17. The molecule has 0 spiro atoms. The fraction of sp³-hybridized carbons (Fsp3) is 0.333. The minimum atomic E-state index is -4.10. The summed E-state index contributed by atoms with van der Waals surface area (Å²) in [4.78, 5) is 28.6.